The monoisotopic (exact) mass is 646 g/mol. The van der Waals surface area contributed by atoms with Crippen molar-refractivity contribution in [3.05, 3.63) is 189 Å². The fourth-order valence-corrected chi connectivity index (χ4v) is 6.72. The number of benzene rings is 6. The Kier molecular flexibility index (Phi) is 9.93. The van der Waals surface area contributed by atoms with Crippen LogP contribution in [0.2, 0.25) is 0 Å². The van der Waals surface area contributed by atoms with Crippen molar-refractivity contribution in [1.82, 2.24) is 0 Å². The van der Waals surface area contributed by atoms with Crippen LogP contribution in [-0.4, -0.2) is 11.7 Å². The number of para-hydroxylation sites is 4. The van der Waals surface area contributed by atoms with E-state index < -0.39 is 0 Å². The molecule has 7 rings (SSSR count). The number of phenolic OH excluding ortho intramolecular Hbond substituents is 1. The molecule has 1 N–H and O–H groups in total. The largest absolute Gasteiger partial charge is 0.507 e. The van der Waals surface area contributed by atoms with Gasteiger partial charge in [0, 0.05) is 25.7 Å². The Morgan fingerprint density at radius 1 is 0.408 bits per heavy atom. The summed E-state index contributed by atoms with van der Waals surface area (Å²) in [6, 6.07) is 45.9. The number of ether oxygens (including phenoxy) is 3. The molecule has 0 radical (unpaired) electrons. The Bertz CT molecular complexity index is 2020. The van der Waals surface area contributed by atoms with Crippen LogP contribution in [0, 0.1) is 0 Å². The van der Waals surface area contributed by atoms with Crippen LogP contribution in [0.4, 0.5) is 0 Å². The number of hydrogen-bond acceptors (Lipinski definition) is 4. The maximum absolute atomic E-state index is 11.7. The first-order valence-corrected chi connectivity index (χ1v) is 17.2. The molecule has 246 valence electrons. The van der Waals surface area contributed by atoms with E-state index in [2.05, 4.69) is 85.8 Å². The number of aromatic hydroxyl groups is 1. The first kappa shape index (κ1) is 32.1. The Morgan fingerprint density at radius 3 is 1.10 bits per heavy atom. The first-order chi connectivity index (χ1) is 24.2. The van der Waals surface area contributed by atoms with E-state index in [0.717, 1.165) is 79.3 Å². The van der Waals surface area contributed by atoms with Gasteiger partial charge in [-0.25, -0.2) is 0 Å². The van der Waals surface area contributed by atoms with Gasteiger partial charge in [-0.15, -0.1) is 0 Å². The second kappa shape index (κ2) is 15.2. The predicted molar refractivity (Wildman–Crippen MR) is 196 cm³/mol. The highest BCUT2D eigenvalue weighted by atomic mass is 16.5. The van der Waals surface area contributed by atoms with Gasteiger partial charge in [0.1, 0.15) is 36.2 Å². The zero-order chi connectivity index (χ0) is 33.4. The van der Waals surface area contributed by atoms with Gasteiger partial charge in [-0.3, -0.25) is 0 Å². The van der Waals surface area contributed by atoms with Gasteiger partial charge in [-0.1, -0.05) is 140 Å². The summed E-state index contributed by atoms with van der Waals surface area (Å²) in [7, 11) is 0. The van der Waals surface area contributed by atoms with Crippen molar-refractivity contribution in [3.8, 4) is 23.0 Å². The van der Waals surface area contributed by atoms with Gasteiger partial charge in [0.05, 0.1) is 6.61 Å². The second-order valence-electron chi connectivity index (χ2n) is 12.7. The van der Waals surface area contributed by atoms with Gasteiger partial charge in [-0.2, -0.15) is 0 Å². The minimum absolute atomic E-state index is 0.322. The third kappa shape index (κ3) is 7.49. The van der Waals surface area contributed by atoms with Crippen molar-refractivity contribution in [3.63, 3.8) is 0 Å². The molecule has 6 aromatic carbocycles. The molecule has 0 aromatic heterocycles. The molecule has 0 aliphatic heterocycles. The molecule has 4 heteroatoms. The number of hydrogen-bond donors (Lipinski definition) is 1. The average molecular weight is 647 g/mol. The summed E-state index contributed by atoms with van der Waals surface area (Å²) in [6.07, 6.45) is 3.27. The smallest absolute Gasteiger partial charge is 0.126 e. The second-order valence-corrected chi connectivity index (χ2v) is 12.7. The molecule has 0 saturated carbocycles. The fourth-order valence-electron chi connectivity index (χ4n) is 6.72. The summed E-state index contributed by atoms with van der Waals surface area (Å²) in [6.45, 7) is 3.66. The average Bonchev–Trinajstić information content (AvgIpc) is 3.13. The molecule has 6 aromatic rings. The van der Waals surface area contributed by atoms with Crippen LogP contribution < -0.4 is 14.2 Å². The lowest BCUT2D eigenvalue weighted by atomic mass is 9.91. The lowest BCUT2D eigenvalue weighted by Gasteiger charge is -2.22. The van der Waals surface area contributed by atoms with E-state index in [1.165, 1.54) is 0 Å². The van der Waals surface area contributed by atoms with Crippen LogP contribution in [0.1, 0.15) is 69.0 Å². The molecule has 49 heavy (non-hydrogen) atoms. The first-order valence-electron chi connectivity index (χ1n) is 17.2. The van der Waals surface area contributed by atoms with Crippen LogP contribution in [-0.2, 0) is 38.9 Å². The zero-order valence-corrected chi connectivity index (χ0v) is 28.0. The minimum Gasteiger partial charge on any atom is -0.507 e. The summed E-state index contributed by atoms with van der Waals surface area (Å²) in [4.78, 5) is 0. The third-order valence-corrected chi connectivity index (χ3v) is 9.16. The topological polar surface area (TPSA) is 47.9 Å². The Morgan fingerprint density at radius 2 is 0.735 bits per heavy atom. The molecule has 0 amide bonds. The molecule has 0 spiro atoms. The highest BCUT2D eigenvalue weighted by molar-refractivity contribution is 5.55. The molecule has 0 atom stereocenters. The highest BCUT2D eigenvalue weighted by Gasteiger charge is 2.21. The van der Waals surface area contributed by atoms with E-state index >= 15 is 0 Å². The van der Waals surface area contributed by atoms with Gasteiger partial charge in [0.25, 0.3) is 0 Å². The predicted octanol–water partition coefficient (Wildman–Crippen LogP) is 10.0. The molecule has 1 aliphatic rings. The minimum atomic E-state index is 0.322. The molecule has 0 saturated heterocycles. The standard InChI is InChI=1S/C45H42O4/c1-2-25-47-43-36-19-10-21-38(43)28-39-23-12-24-41(45(39)49-31-33-15-7-4-8-16-33)29-40-22-11-20-37(27-35-18-9-17-34(26-36)42(35)46)44(40)48-30-32-13-5-3-6-14-32/h3-24,46H,2,25-31H2,1H3. The van der Waals surface area contributed by atoms with Crippen molar-refractivity contribution in [1.29, 1.82) is 0 Å². The molecule has 4 nitrogen and oxygen atoms in total. The van der Waals surface area contributed by atoms with E-state index in [1.54, 1.807) is 0 Å². The molecule has 1 aliphatic carbocycles. The Balaban J connectivity index is 1.38. The van der Waals surface area contributed by atoms with Gasteiger partial charge in [-0.05, 0) is 62.1 Å². The van der Waals surface area contributed by atoms with Crippen LogP contribution >= 0.6 is 0 Å². The number of fused-ring (bicyclic) bond motifs is 8. The molecule has 0 unspecified atom stereocenters. The summed E-state index contributed by atoms with van der Waals surface area (Å²) < 4.78 is 20.0. The lowest BCUT2D eigenvalue weighted by molar-refractivity contribution is 0.296. The van der Waals surface area contributed by atoms with Crippen molar-refractivity contribution in [2.24, 2.45) is 0 Å². The zero-order valence-electron chi connectivity index (χ0n) is 28.0. The summed E-state index contributed by atoms with van der Waals surface area (Å²) in [5, 5.41) is 11.7. The van der Waals surface area contributed by atoms with E-state index in [1.807, 2.05) is 54.6 Å². The molecule has 0 fully saturated rings. The van der Waals surface area contributed by atoms with Gasteiger partial charge in [0.15, 0.2) is 0 Å². The number of rotatable bonds is 9. The Hall–Kier alpha value is -5.48. The van der Waals surface area contributed by atoms with E-state index in [-0.39, 0.29) is 0 Å². The molecule has 8 bridgehead atoms. The summed E-state index contributed by atoms with van der Waals surface area (Å²) in [5.74, 6) is 2.96. The fraction of sp³-hybridized carbons (Fsp3) is 0.200. The van der Waals surface area contributed by atoms with Crippen molar-refractivity contribution < 1.29 is 19.3 Å². The lowest BCUT2D eigenvalue weighted by Crippen LogP contribution is -2.08. The van der Waals surface area contributed by atoms with Gasteiger partial charge >= 0.3 is 0 Å². The summed E-state index contributed by atoms with van der Waals surface area (Å²) in [5.41, 5.74) is 10.4. The third-order valence-electron chi connectivity index (χ3n) is 9.16. The summed E-state index contributed by atoms with van der Waals surface area (Å²) >= 11 is 0. The molecular formula is C45H42O4. The highest BCUT2D eigenvalue weighted by Crippen LogP contribution is 2.39. The van der Waals surface area contributed by atoms with Gasteiger partial charge in [0.2, 0.25) is 0 Å². The van der Waals surface area contributed by atoms with Crippen molar-refractivity contribution in [2.45, 2.75) is 52.2 Å². The van der Waals surface area contributed by atoms with Crippen LogP contribution in [0.5, 0.6) is 23.0 Å². The van der Waals surface area contributed by atoms with Crippen molar-refractivity contribution in [2.75, 3.05) is 6.61 Å². The maximum Gasteiger partial charge on any atom is 0.126 e. The van der Waals surface area contributed by atoms with Gasteiger partial charge < -0.3 is 19.3 Å². The van der Waals surface area contributed by atoms with E-state index in [9.17, 15) is 5.11 Å². The SMILES string of the molecule is CCCOc1c2cccc1Cc1cccc(c1OCc1ccccc1)Cc1cccc(c1OCc1ccccc1)Cc1cccc(c1O)C2. The number of phenols is 1. The molecular weight excluding hydrogens is 604 g/mol. The van der Waals surface area contributed by atoms with Crippen LogP contribution in [0.3, 0.4) is 0 Å². The van der Waals surface area contributed by atoms with Crippen molar-refractivity contribution >= 4 is 0 Å². The van der Waals surface area contributed by atoms with E-state index in [0.29, 0.717) is 51.3 Å². The van der Waals surface area contributed by atoms with Crippen LogP contribution in [0.25, 0.3) is 0 Å². The maximum atomic E-state index is 11.7. The Labute approximate surface area is 289 Å². The molecule has 0 heterocycles. The van der Waals surface area contributed by atoms with Crippen LogP contribution in [0.15, 0.2) is 133 Å². The quantitative estimate of drug-likeness (QED) is 0.170. The normalized spacial score (nSPS) is 12.3. The van der Waals surface area contributed by atoms with E-state index in [4.69, 9.17) is 14.2 Å².